The van der Waals surface area contributed by atoms with Gasteiger partial charge in [0.15, 0.2) is 17.6 Å². The van der Waals surface area contributed by atoms with Crippen molar-refractivity contribution in [2.75, 3.05) is 26.7 Å². The van der Waals surface area contributed by atoms with E-state index in [0.29, 0.717) is 37.6 Å². The number of aromatic nitrogens is 1. The Bertz CT molecular complexity index is 695. The number of carbonyl (C=O) groups is 1. The SMILES string of the molecule is CN(CC1COc2ccccc2O1)C(=O)c1csc(CCN)n1.Cl. The molecule has 0 bridgehead atoms. The van der Waals surface area contributed by atoms with Gasteiger partial charge in [0.05, 0.1) is 11.6 Å². The van der Waals surface area contributed by atoms with Crippen LogP contribution in [-0.4, -0.2) is 48.6 Å². The fourth-order valence-electron chi connectivity index (χ4n) is 2.38. The average molecular weight is 370 g/mol. The van der Waals surface area contributed by atoms with E-state index in [2.05, 4.69) is 4.98 Å². The van der Waals surface area contributed by atoms with Crippen molar-refractivity contribution >= 4 is 29.7 Å². The minimum Gasteiger partial charge on any atom is -0.486 e. The van der Waals surface area contributed by atoms with Crippen LogP contribution >= 0.6 is 23.7 Å². The lowest BCUT2D eigenvalue weighted by Crippen LogP contribution is -2.41. The van der Waals surface area contributed by atoms with Crippen molar-refractivity contribution in [3.8, 4) is 11.5 Å². The Kier molecular flexibility index (Phi) is 6.42. The molecule has 1 unspecified atom stereocenters. The normalized spacial score (nSPS) is 15.5. The summed E-state index contributed by atoms with van der Waals surface area (Å²) < 4.78 is 11.5. The number of benzene rings is 1. The number of hydrogen-bond acceptors (Lipinski definition) is 6. The van der Waals surface area contributed by atoms with Gasteiger partial charge in [-0.3, -0.25) is 4.79 Å². The summed E-state index contributed by atoms with van der Waals surface area (Å²) in [6.45, 7) is 1.39. The second-order valence-corrected chi connectivity index (χ2v) is 6.29. The molecule has 0 aliphatic carbocycles. The molecule has 1 aromatic carbocycles. The second-order valence-electron chi connectivity index (χ2n) is 5.35. The van der Waals surface area contributed by atoms with E-state index in [1.807, 2.05) is 24.3 Å². The van der Waals surface area contributed by atoms with E-state index >= 15 is 0 Å². The molecule has 130 valence electrons. The molecular weight excluding hydrogens is 350 g/mol. The van der Waals surface area contributed by atoms with Gasteiger partial charge in [0.25, 0.3) is 5.91 Å². The summed E-state index contributed by atoms with van der Waals surface area (Å²) in [5, 5.41) is 2.66. The Hall–Kier alpha value is -1.83. The van der Waals surface area contributed by atoms with Crippen LogP contribution in [-0.2, 0) is 6.42 Å². The summed E-state index contributed by atoms with van der Waals surface area (Å²) in [4.78, 5) is 18.4. The fourth-order valence-corrected chi connectivity index (χ4v) is 3.17. The molecule has 1 amide bonds. The molecule has 0 spiro atoms. The zero-order chi connectivity index (χ0) is 16.2. The highest BCUT2D eigenvalue weighted by Gasteiger charge is 2.25. The molecule has 1 aliphatic rings. The largest absolute Gasteiger partial charge is 0.486 e. The lowest BCUT2D eigenvalue weighted by Gasteiger charge is -2.29. The Labute approximate surface area is 151 Å². The first-order valence-electron chi connectivity index (χ1n) is 7.46. The fraction of sp³-hybridized carbons (Fsp3) is 0.375. The predicted molar refractivity (Wildman–Crippen MR) is 95.4 cm³/mol. The molecule has 1 atom stereocenters. The number of hydrogen-bond donors (Lipinski definition) is 1. The maximum atomic E-state index is 12.4. The third kappa shape index (κ3) is 4.17. The first-order valence-corrected chi connectivity index (χ1v) is 8.33. The molecular formula is C16H20ClN3O3S. The number of nitrogens with two attached hydrogens (primary N) is 1. The number of carbonyl (C=O) groups excluding carboxylic acids is 1. The van der Waals surface area contributed by atoms with Crippen LogP contribution in [0.4, 0.5) is 0 Å². The molecule has 1 aromatic heterocycles. The molecule has 6 nitrogen and oxygen atoms in total. The Morgan fingerprint density at radius 3 is 2.92 bits per heavy atom. The van der Waals surface area contributed by atoms with Gasteiger partial charge in [-0.25, -0.2) is 4.98 Å². The maximum Gasteiger partial charge on any atom is 0.273 e. The number of halogens is 1. The zero-order valence-electron chi connectivity index (χ0n) is 13.3. The van der Waals surface area contributed by atoms with E-state index in [9.17, 15) is 4.79 Å². The molecule has 2 aromatic rings. The quantitative estimate of drug-likeness (QED) is 0.871. The molecule has 0 fully saturated rings. The van der Waals surface area contributed by atoms with Crippen molar-refractivity contribution in [2.24, 2.45) is 5.73 Å². The minimum atomic E-state index is -0.194. The van der Waals surface area contributed by atoms with Crippen molar-refractivity contribution in [2.45, 2.75) is 12.5 Å². The number of rotatable bonds is 5. The number of amides is 1. The number of fused-ring (bicyclic) bond motifs is 1. The van der Waals surface area contributed by atoms with Crippen LogP contribution in [0, 0.1) is 0 Å². The molecule has 2 N–H and O–H groups in total. The van der Waals surface area contributed by atoms with Gasteiger partial charge in [-0.15, -0.1) is 23.7 Å². The first kappa shape index (κ1) is 18.5. The molecule has 0 saturated carbocycles. The van der Waals surface area contributed by atoms with Gasteiger partial charge >= 0.3 is 0 Å². The number of para-hydroxylation sites is 2. The van der Waals surface area contributed by atoms with Crippen LogP contribution in [0.2, 0.25) is 0 Å². The number of thiazole rings is 1. The molecule has 1 aliphatic heterocycles. The van der Waals surface area contributed by atoms with E-state index in [4.69, 9.17) is 15.2 Å². The molecule has 24 heavy (non-hydrogen) atoms. The highest BCUT2D eigenvalue weighted by molar-refractivity contribution is 7.09. The van der Waals surface area contributed by atoms with E-state index in [1.165, 1.54) is 11.3 Å². The second kappa shape index (κ2) is 8.32. The van der Waals surface area contributed by atoms with E-state index in [-0.39, 0.29) is 24.4 Å². The lowest BCUT2D eigenvalue weighted by atomic mass is 10.2. The van der Waals surface area contributed by atoms with Crippen molar-refractivity contribution < 1.29 is 14.3 Å². The van der Waals surface area contributed by atoms with E-state index in [1.54, 1.807) is 17.3 Å². The van der Waals surface area contributed by atoms with Crippen LogP contribution in [0.1, 0.15) is 15.5 Å². The summed E-state index contributed by atoms with van der Waals surface area (Å²) in [5.41, 5.74) is 5.97. The lowest BCUT2D eigenvalue weighted by molar-refractivity contribution is 0.0518. The zero-order valence-corrected chi connectivity index (χ0v) is 14.9. The summed E-state index contributed by atoms with van der Waals surface area (Å²) in [5.74, 6) is 1.33. The monoisotopic (exact) mass is 369 g/mol. The van der Waals surface area contributed by atoms with Crippen LogP contribution in [0.3, 0.4) is 0 Å². The van der Waals surface area contributed by atoms with Crippen molar-refractivity contribution in [1.82, 2.24) is 9.88 Å². The van der Waals surface area contributed by atoms with Crippen molar-refractivity contribution in [1.29, 1.82) is 0 Å². The highest BCUT2D eigenvalue weighted by Crippen LogP contribution is 2.31. The van der Waals surface area contributed by atoms with Gasteiger partial charge in [-0.1, -0.05) is 12.1 Å². The van der Waals surface area contributed by atoms with Crippen LogP contribution in [0.25, 0.3) is 0 Å². The van der Waals surface area contributed by atoms with E-state index in [0.717, 1.165) is 10.8 Å². The van der Waals surface area contributed by atoms with Crippen molar-refractivity contribution in [3.63, 3.8) is 0 Å². The predicted octanol–water partition coefficient (Wildman–Crippen LogP) is 1.98. The van der Waals surface area contributed by atoms with Crippen molar-refractivity contribution in [3.05, 3.63) is 40.3 Å². The smallest absolute Gasteiger partial charge is 0.273 e. The third-order valence-electron chi connectivity index (χ3n) is 3.52. The number of ether oxygens (including phenoxy) is 2. The summed E-state index contributed by atoms with van der Waals surface area (Å²) in [7, 11) is 1.74. The van der Waals surface area contributed by atoms with E-state index < -0.39 is 0 Å². The summed E-state index contributed by atoms with van der Waals surface area (Å²) >= 11 is 1.46. The standard InChI is InChI=1S/C16H19N3O3S.ClH/c1-19(16(20)12-10-23-15(18-12)6-7-17)8-11-9-21-13-4-2-3-5-14(13)22-11;/h2-5,10-11H,6-9,17H2,1H3;1H. The minimum absolute atomic E-state index is 0. The number of nitrogens with zero attached hydrogens (tertiary/aromatic N) is 2. The molecule has 2 heterocycles. The summed E-state index contributed by atoms with van der Waals surface area (Å²) in [6.07, 6.45) is 0.499. The topological polar surface area (TPSA) is 77.7 Å². The van der Waals surface area contributed by atoms with Gasteiger partial charge in [-0.05, 0) is 18.7 Å². The molecule has 8 heteroatoms. The van der Waals surface area contributed by atoms with Gasteiger partial charge in [0, 0.05) is 18.8 Å². The van der Waals surface area contributed by atoms with Crippen LogP contribution in [0.5, 0.6) is 11.5 Å². The van der Waals surface area contributed by atoms with Crippen LogP contribution in [0.15, 0.2) is 29.6 Å². The van der Waals surface area contributed by atoms with Gasteiger partial charge < -0.3 is 20.1 Å². The molecule has 0 radical (unpaired) electrons. The van der Waals surface area contributed by atoms with Gasteiger partial charge in [-0.2, -0.15) is 0 Å². The Morgan fingerprint density at radius 2 is 2.17 bits per heavy atom. The average Bonchev–Trinajstić information content (AvgIpc) is 3.03. The third-order valence-corrected chi connectivity index (χ3v) is 4.43. The highest BCUT2D eigenvalue weighted by atomic mass is 35.5. The first-order chi connectivity index (χ1) is 11.2. The van der Waals surface area contributed by atoms with Gasteiger partial charge in [0.1, 0.15) is 12.3 Å². The van der Waals surface area contributed by atoms with Crippen LogP contribution < -0.4 is 15.2 Å². The molecule has 0 saturated heterocycles. The summed E-state index contributed by atoms with van der Waals surface area (Å²) in [6, 6.07) is 7.53. The Balaban J connectivity index is 0.00000208. The molecule has 3 rings (SSSR count). The number of likely N-dealkylation sites (N-methyl/N-ethyl adjacent to an activating group) is 1. The Morgan fingerprint density at radius 1 is 1.42 bits per heavy atom. The van der Waals surface area contributed by atoms with Gasteiger partial charge in [0.2, 0.25) is 0 Å². The maximum absolute atomic E-state index is 12.4.